The van der Waals surface area contributed by atoms with Gasteiger partial charge in [-0.25, -0.2) is 0 Å². The summed E-state index contributed by atoms with van der Waals surface area (Å²) >= 11 is 0. The van der Waals surface area contributed by atoms with Crippen LogP contribution in [0.25, 0.3) is 0 Å². The molecule has 0 aromatic heterocycles. The van der Waals surface area contributed by atoms with E-state index in [1.807, 2.05) is 13.0 Å². The maximum Gasteiger partial charge on any atom is 0.119 e. The Morgan fingerprint density at radius 1 is 1.24 bits per heavy atom. The summed E-state index contributed by atoms with van der Waals surface area (Å²) in [5.41, 5.74) is 1.34. The second-order valence-corrected chi connectivity index (χ2v) is 4.26. The maximum atomic E-state index is 5.55. The van der Waals surface area contributed by atoms with Crippen molar-refractivity contribution in [1.82, 2.24) is 5.32 Å². The van der Waals surface area contributed by atoms with E-state index in [-0.39, 0.29) is 0 Å². The lowest BCUT2D eigenvalue weighted by Gasteiger charge is -2.18. The molecule has 1 N–H and O–H groups in total. The van der Waals surface area contributed by atoms with Crippen LogP contribution >= 0.6 is 0 Å². The van der Waals surface area contributed by atoms with Crippen LogP contribution in [0, 0.1) is 0 Å². The molecule has 0 spiro atoms. The van der Waals surface area contributed by atoms with E-state index in [0.29, 0.717) is 6.04 Å². The number of nitrogens with one attached hydrogen (secondary N) is 1. The minimum absolute atomic E-state index is 0.459. The van der Waals surface area contributed by atoms with E-state index in [4.69, 9.17) is 4.74 Å². The van der Waals surface area contributed by atoms with Crippen LogP contribution in [-0.4, -0.2) is 13.2 Å². The minimum atomic E-state index is 0.459. The zero-order valence-corrected chi connectivity index (χ0v) is 11.3. The fourth-order valence-electron chi connectivity index (χ4n) is 2.03. The van der Waals surface area contributed by atoms with Crippen molar-refractivity contribution in [1.29, 1.82) is 0 Å². The van der Waals surface area contributed by atoms with Gasteiger partial charge in [0.1, 0.15) is 5.75 Å². The zero-order chi connectivity index (χ0) is 12.5. The van der Waals surface area contributed by atoms with Crippen molar-refractivity contribution in [2.24, 2.45) is 0 Å². The molecule has 0 aliphatic carbocycles. The average molecular weight is 235 g/mol. The largest absolute Gasteiger partial charge is 0.494 e. The van der Waals surface area contributed by atoms with Gasteiger partial charge in [-0.1, -0.05) is 38.8 Å². The summed E-state index contributed by atoms with van der Waals surface area (Å²) in [4.78, 5) is 0. The second-order valence-electron chi connectivity index (χ2n) is 4.26. The standard InChI is InChI=1S/C15H25NO/c1-4-7-11-15(16-5-2)13-9-8-10-14(12-13)17-6-3/h8-10,12,15-16H,4-7,11H2,1-3H3. The fourth-order valence-corrected chi connectivity index (χ4v) is 2.03. The van der Waals surface area contributed by atoms with Gasteiger partial charge in [-0.3, -0.25) is 0 Å². The molecule has 0 saturated heterocycles. The van der Waals surface area contributed by atoms with Crippen molar-refractivity contribution in [3.8, 4) is 5.75 Å². The molecule has 17 heavy (non-hydrogen) atoms. The van der Waals surface area contributed by atoms with Crippen molar-refractivity contribution in [3.63, 3.8) is 0 Å². The molecule has 0 fully saturated rings. The van der Waals surface area contributed by atoms with Crippen molar-refractivity contribution in [2.45, 2.75) is 46.1 Å². The highest BCUT2D eigenvalue weighted by Crippen LogP contribution is 2.23. The molecule has 1 aromatic carbocycles. The summed E-state index contributed by atoms with van der Waals surface area (Å²) in [7, 11) is 0. The van der Waals surface area contributed by atoms with E-state index in [9.17, 15) is 0 Å². The van der Waals surface area contributed by atoms with Crippen LogP contribution in [0.2, 0.25) is 0 Å². The Kier molecular flexibility index (Phi) is 6.71. The van der Waals surface area contributed by atoms with Crippen molar-refractivity contribution in [2.75, 3.05) is 13.2 Å². The van der Waals surface area contributed by atoms with E-state index in [2.05, 4.69) is 37.4 Å². The minimum Gasteiger partial charge on any atom is -0.494 e. The van der Waals surface area contributed by atoms with Gasteiger partial charge >= 0.3 is 0 Å². The second kappa shape index (κ2) is 8.13. The molecule has 1 unspecified atom stereocenters. The Morgan fingerprint density at radius 2 is 2.06 bits per heavy atom. The number of hydrogen-bond donors (Lipinski definition) is 1. The first-order chi connectivity index (χ1) is 8.31. The van der Waals surface area contributed by atoms with Gasteiger partial charge in [0.15, 0.2) is 0 Å². The van der Waals surface area contributed by atoms with Crippen LogP contribution in [0.5, 0.6) is 5.75 Å². The van der Waals surface area contributed by atoms with Gasteiger partial charge in [0.05, 0.1) is 6.61 Å². The number of unbranched alkanes of at least 4 members (excludes halogenated alkanes) is 1. The third-order valence-corrected chi connectivity index (χ3v) is 2.87. The fraction of sp³-hybridized carbons (Fsp3) is 0.600. The van der Waals surface area contributed by atoms with Gasteiger partial charge < -0.3 is 10.1 Å². The first-order valence-corrected chi connectivity index (χ1v) is 6.77. The van der Waals surface area contributed by atoms with E-state index in [1.165, 1.54) is 24.8 Å². The van der Waals surface area contributed by atoms with Crippen molar-refractivity contribution >= 4 is 0 Å². The Hall–Kier alpha value is -1.02. The molecule has 0 aliphatic rings. The molecule has 2 nitrogen and oxygen atoms in total. The summed E-state index contributed by atoms with van der Waals surface area (Å²) in [6.07, 6.45) is 3.70. The van der Waals surface area contributed by atoms with Crippen molar-refractivity contribution < 1.29 is 4.74 Å². The van der Waals surface area contributed by atoms with Gasteiger partial charge in [-0.15, -0.1) is 0 Å². The van der Waals surface area contributed by atoms with E-state index in [0.717, 1.165) is 18.9 Å². The third kappa shape index (κ3) is 4.78. The molecule has 0 heterocycles. The highest BCUT2D eigenvalue weighted by molar-refractivity contribution is 5.30. The lowest BCUT2D eigenvalue weighted by Crippen LogP contribution is -2.20. The lowest BCUT2D eigenvalue weighted by atomic mass is 10.0. The topological polar surface area (TPSA) is 21.3 Å². The molecule has 96 valence electrons. The quantitative estimate of drug-likeness (QED) is 0.737. The molecule has 0 radical (unpaired) electrons. The number of rotatable bonds is 8. The van der Waals surface area contributed by atoms with Gasteiger partial charge in [0.2, 0.25) is 0 Å². The van der Waals surface area contributed by atoms with E-state index >= 15 is 0 Å². The van der Waals surface area contributed by atoms with Crippen molar-refractivity contribution in [3.05, 3.63) is 29.8 Å². The van der Waals surface area contributed by atoms with E-state index in [1.54, 1.807) is 0 Å². The Bertz CT molecular complexity index is 312. The smallest absolute Gasteiger partial charge is 0.119 e. The van der Waals surface area contributed by atoms with Crippen LogP contribution < -0.4 is 10.1 Å². The molecular formula is C15H25NO. The van der Waals surface area contributed by atoms with Gasteiger partial charge in [0, 0.05) is 6.04 Å². The third-order valence-electron chi connectivity index (χ3n) is 2.87. The SMILES string of the molecule is CCCCC(NCC)c1cccc(OCC)c1. The molecule has 0 aliphatic heterocycles. The predicted molar refractivity (Wildman–Crippen MR) is 73.6 cm³/mol. The Morgan fingerprint density at radius 3 is 2.71 bits per heavy atom. The van der Waals surface area contributed by atoms with Crippen LogP contribution in [0.1, 0.15) is 51.6 Å². The highest BCUT2D eigenvalue weighted by Gasteiger charge is 2.10. The summed E-state index contributed by atoms with van der Waals surface area (Å²) in [5, 5.41) is 3.55. The summed E-state index contributed by atoms with van der Waals surface area (Å²) < 4.78 is 5.55. The predicted octanol–water partition coefficient (Wildman–Crippen LogP) is 3.93. The highest BCUT2D eigenvalue weighted by atomic mass is 16.5. The zero-order valence-electron chi connectivity index (χ0n) is 11.3. The lowest BCUT2D eigenvalue weighted by molar-refractivity contribution is 0.339. The van der Waals surface area contributed by atoms with Crippen LogP contribution in [-0.2, 0) is 0 Å². The normalized spacial score (nSPS) is 12.4. The molecule has 2 heteroatoms. The first-order valence-electron chi connectivity index (χ1n) is 6.77. The average Bonchev–Trinajstić information content (AvgIpc) is 2.35. The Labute approximate surface area is 105 Å². The van der Waals surface area contributed by atoms with E-state index < -0.39 is 0 Å². The van der Waals surface area contributed by atoms with Gasteiger partial charge in [0.25, 0.3) is 0 Å². The molecule has 0 amide bonds. The molecule has 1 rings (SSSR count). The van der Waals surface area contributed by atoms with Gasteiger partial charge in [-0.05, 0) is 37.6 Å². The molecule has 0 bridgehead atoms. The summed E-state index contributed by atoms with van der Waals surface area (Å²) in [6.45, 7) is 8.15. The molecule has 1 atom stereocenters. The van der Waals surface area contributed by atoms with Gasteiger partial charge in [-0.2, -0.15) is 0 Å². The Balaban J connectivity index is 2.73. The number of hydrogen-bond acceptors (Lipinski definition) is 2. The monoisotopic (exact) mass is 235 g/mol. The molecular weight excluding hydrogens is 210 g/mol. The molecule has 1 aromatic rings. The van der Waals surface area contributed by atoms with Crippen LogP contribution in [0.4, 0.5) is 0 Å². The van der Waals surface area contributed by atoms with Crippen LogP contribution in [0.3, 0.4) is 0 Å². The number of ether oxygens (including phenoxy) is 1. The number of benzene rings is 1. The maximum absolute atomic E-state index is 5.55. The summed E-state index contributed by atoms with van der Waals surface area (Å²) in [6, 6.07) is 8.91. The summed E-state index contributed by atoms with van der Waals surface area (Å²) in [5.74, 6) is 0.976. The molecule has 0 saturated carbocycles. The first kappa shape index (κ1) is 14.0. The van der Waals surface area contributed by atoms with Crippen LogP contribution in [0.15, 0.2) is 24.3 Å².